The molecule has 0 bridgehead atoms. The number of likely N-dealkylation sites (tertiary alicyclic amines) is 1. The van der Waals surface area contributed by atoms with Crippen LogP contribution in [0.5, 0.6) is 5.75 Å². The second-order valence-electron chi connectivity index (χ2n) is 7.45. The first-order valence-electron chi connectivity index (χ1n) is 9.79. The number of nitrogens with zero attached hydrogens (tertiary/aromatic N) is 1. The van der Waals surface area contributed by atoms with Gasteiger partial charge in [-0.05, 0) is 62.4 Å². The molecule has 0 N–H and O–H groups in total. The molecular formula is C23H29NO3. The Kier molecular flexibility index (Phi) is 6.88. The third kappa shape index (κ3) is 5.83. The monoisotopic (exact) mass is 367 g/mol. The van der Waals surface area contributed by atoms with Crippen LogP contribution in [-0.2, 0) is 11.3 Å². The van der Waals surface area contributed by atoms with Gasteiger partial charge in [0.15, 0.2) is 0 Å². The Morgan fingerprint density at radius 2 is 1.85 bits per heavy atom. The highest BCUT2D eigenvalue weighted by Crippen LogP contribution is 2.21. The molecule has 1 atom stereocenters. The smallest absolute Gasteiger partial charge is 0.253 e. The van der Waals surface area contributed by atoms with E-state index in [-0.39, 0.29) is 12.0 Å². The van der Waals surface area contributed by atoms with E-state index in [4.69, 9.17) is 9.47 Å². The molecule has 4 heteroatoms. The number of carbonyl (C=O) groups excluding carboxylic acids is 1. The summed E-state index contributed by atoms with van der Waals surface area (Å²) >= 11 is 0. The normalized spacial score (nSPS) is 17.1. The van der Waals surface area contributed by atoms with Crippen LogP contribution in [0.4, 0.5) is 0 Å². The second-order valence-corrected chi connectivity index (χ2v) is 7.45. The summed E-state index contributed by atoms with van der Waals surface area (Å²) in [4.78, 5) is 14.8. The molecule has 1 heterocycles. The lowest BCUT2D eigenvalue weighted by atomic mass is 9.98. The summed E-state index contributed by atoms with van der Waals surface area (Å²) in [7, 11) is 0. The lowest BCUT2D eigenvalue weighted by Crippen LogP contribution is -2.41. The fraction of sp³-hybridized carbons (Fsp3) is 0.435. The molecule has 1 aliphatic rings. The molecule has 27 heavy (non-hydrogen) atoms. The molecule has 1 unspecified atom stereocenters. The Bertz CT molecular complexity index is 712. The molecule has 0 aromatic heterocycles. The van der Waals surface area contributed by atoms with E-state index in [0.29, 0.717) is 19.1 Å². The number of amides is 1. The van der Waals surface area contributed by atoms with Crippen LogP contribution in [0.3, 0.4) is 0 Å². The molecule has 2 aromatic rings. The Morgan fingerprint density at radius 1 is 1.11 bits per heavy atom. The maximum atomic E-state index is 12.8. The van der Waals surface area contributed by atoms with Crippen molar-refractivity contribution in [1.29, 1.82) is 0 Å². The van der Waals surface area contributed by atoms with E-state index >= 15 is 0 Å². The van der Waals surface area contributed by atoms with Crippen LogP contribution in [0, 0.1) is 5.92 Å². The number of piperidine rings is 1. The summed E-state index contributed by atoms with van der Waals surface area (Å²) in [5.74, 6) is 1.29. The number of hydrogen-bond acceptors (Lipinski definition) is 3. The van der Waals surface area contributed by atoms with Crippen LogP contribution in [0.15, 0.2) is 54.6 Å². The van der Waals surface area contributed by atoms with Gasteiger partial charge in [0.1, 0.15) is 5.75 Å². The average molecular weight is 367 g/mol. The van der Waals surface area contributed by atoms with E-state index in [1.807, 2.05) is 61.2 Å². The van der Waals surface area contributed by atoms with E-state index in [1.54, 1.807) is 0 Å². The first kappa shape index (κ1) is 19.4. The van der Waals surface area contributed by atoms with Crippen molar-refractivity contribution in [3.05, 3.63) is 65.7 Å². The SMILES string of the molecule is CC(C)Oc1ccc(C(=O)N2CCCC(COCc3ccccc3)C2)cc1. The van der Waals surface area contributed by atoms with Crippen LogP contribution in [0.1, 0.15) is 42.6 Å². The predicted octanol–water partition coefficient (Wildman–Crippen LogP) is 4.54. The van der Waals surface area contributed by atoms with Crippen LogP contribution in [0.25, 0.3) is 0 Å². The fourth-order valence-corrected chi connectivity index (χ4v) is 3.43. The van der Waals surface area contributed by atoms with Gasteiger partial charge < -0.3 is 14.4 Å². The third-order valence-electron chi connectivity index (χ3n) is 4.74. The lowest BCUT2D eigenvalue weighted by Gasteiger charge is -2.32. The molecule has 1 fully saturated rings. The van der Waals surface area contributed by atoms with Gasteiger partial charge in [0.2, 0.25) is 0 Å². The van der Waals surface area contributed by atoms with Crippen molar-refractivity contribution in [3.63, 3.8) is 0 Å². The Morgan fingerprint density at radius 3 is 2.56 bits per heavy atom. The molecular weight excluding hydrogens is 338 g/mol. The second kappa shape index (κ2) is 9.56. The van der Waals surface area contributed by atoms with Crippen molar-refractivity contribution < 1.29 is 14.3 Å². The first-order valence-corrected chi connectivity index (χ1v) is 9.79. The van der Waals surface area contributed by atoms with Crippen LogP contribution in [-0.4, -0.2) is 36.6 Å². The number of hydrogen-bond donors (Lipinski definition) is 0. The highest BCUT2D eigenvalue weighted by atomic mass is 16.5. The maximum absolute atomic E-state index is 12.8. The van der Waals surface area contributed by atoms with Crippen molar-refractivity contribution in [3.8, 4) is 5.75 Å². The molecule has 3 rings (SSSR count). The molecule has 2 aromatic carbocycles. The van der Waals surface area contributed by atoms with Gasteiger partial charge in [-0.15, -0.1) is 0 Å². The summed E-state index contributed by atoms with van der Waals surface area (Å²) in [5.41, 5.74) is 1.90. The Hall–Kier alpha value is -2.33. The molecule has 0 spiro atoms. The van der Waals surface area contributed by atoms with Gasteiger partial charge in [0.25, 0.3) is 5.91 Å². The van der Waals surface area contributed by atoms with E-state index in [1.165, 1.54) is 5.56 Å². The van der Waals surface area contributed by atoms with E-state index in [0.717, 1.165) is 37.2 Å². The largest absolute Gasteiger partial charge is 0.491 e. The summed E-state index contributed by atoms with van der Waals surface area (Å²) in [5, 5.41) is 0. The number of ether oxygens (including phenoxy) is 2. The van der Waals surface area contributed by atoms with Gasteiger partial charge in [-0.25, -0.2) is 0 Å². The molecule has 1 amide bonds. The number of benzene rings is 2. The van der Waals surface area contributed by atoms with Gasteiger partial charge in [-0.1, -0.05) is 30.3 Å². The molecule has 0 saturated carbocycles. The van der Waals surface area contributed by atoms with Gasteiger partial charge in [0, 0.05) is 18.7 Å². The minimum Gasteiger partial charge on any atom is -0.491 e. The maximum Gasteiger partial charge on any atom is 0.253 e. The molecule has 4 nitrogen and oxygen atoms in total. The van der Waals surface area contributed by atoms with Crippen LogP contribution < -0.4 is 4.74 Å². The van der Waals surface area contributed by atoms with E-state index < -0.39 is 0 Å². The third-order valence-corrected chi connectivity index (χ3v) is 4.74. The van der Waals surface area contributed by atoms with Crippen LogP contribution in [0.2, 0.25) is 0 Å². The topological polar surface area (TPSA) is 38.8 Å². The quantitative estimate of drug-likeness (QED) is 0.721. The van der Waals surface area contributed by atoms with Crippen molar-refractivity contribution in [2.24, 2.45) is 5.92 Å². The minimum atomic E-state index is 0.0962. The number of rotatable bonds is 7. The molecule has 144 valence electrons. The van der Waals surface area contributed by atoms with Crippen molar-refractivity contribution in [2.75, 3.05) is 19.7 Å². The predicted molar refractivity (Wildman–Crippen MR) is 107 cm³/mol. The Balaban J connectivity index is 1.50. The van der Waals surface area contributed by atoms with Gasteiger partial charge >= 0.3 is 0 Å². The Labute approximate surface area is 162 Å². The molecule has 1 aliphatic heterocycles. The van der Waals surface area contributed by atoms with Crippen molar-refractivity contribution in [1.82, 2.24) is 4.90 Å². The average Bonchev–Trinajstić information content (AvgIpc) is 2.69. The van der Waals surface area contributed by atoms with E-state index in [9.17, 15) is 4.79 Å². The summed E-state index contributed by atoms with van der Waals surface area (Å²) in [6, 6.07) is 17.7. The standard InChI is InChI=1S/C23H29NO3/c1-18(2)27-22-12-10-21(11-13-22)23(25)24-14-6-9-20(15-24)17-26-16-19-7-4-3-5-8-19/h3-5,7-8,10-13,18,20H,6,9,14-17H2,1-2H3. The van der Waals surface area contributed by atoms with Gasteiger partial charge in [0.05, 0.1) is 19.3 Å². The molecule has 1 saturated heterocycles. The number of carbonyl (C=O) groups is 1. The van der Waals surface area contributed by atoms with Crippen molar-refractivity contribution >= 4 is 5.91 Å². The van der Waals surface area contributed by atoms with Gasteiger partial charge in [-0.3, -0.25) is 4.79 Å². The lowest BCUT2D eigenvalue weighted by molar-refractivity contribution is 0.0425. The summed E-state index contributed by atoms with van der Waals surface area (Å²) < 4.78 is 11.5. The van der Waals surface area contributed by atoms with Crippen LogP contribution >= 0.6 is 0 Å². The first-order chi connectivity index (χ1) is 13.1. The van der Waals surface area contributed by atoms with Gasteiger partial charge in [-0.2, -0.15) is 0 Å². The fourth-order valence-electron chi connectivity index (χ4n) is 3.43. The van der Waals surface area contributed by atoms with E-state index in [2.05, 4.69) is 12.1 Å². The zero-order valence-electron chi connectivity index (χ0n) is 16.3. The highest BCUT2D eigenvalue weighted by Gasteiger charge is 2.24. The molecule has 0 aliphatic carbocycles. The zero-order valence-corrected chi connectivity index (χ0v) is 16.3. The summed E-state index contributed by atoms with van der Waals surface area (Å²) in [6.07, 6.45) is 2.27. The minimum absolute atomic E-state index is 0.0962. The summed E-state index contributed by atoms with van der Waals surface area (Å²) in [6.45, 7) is 6.89. The zero-order chi connectivity index (χ0) is 19.1. The molecule has 0 radical (unpaired) electrons. The highest BCUT2D eigenvalue weighted by molar-refractivity contribution is 5.94. The van der Waals surface area contributed by atoms with Crippen molar-refractivity contribution in [2.45, 2.75) is 39.4 Å².